The molecule has 0 N–H and O–H groups in total. The van der Waals surface area contributed by atoms with Crippen molar-refractivity contribution in [2.45, 2.75) is 64.7 Å². The molecule has 20 heavy (non-hydrogen) atoms. The van der Waals surface area contributed by atoms with Crippen LogP contribution in [-0.2, 0) is 15.8 Å². The fraction of sp³-hybridized carbons (Fsp3) is 0.647. The van der Waals surface area contributed by atoms with Crippen LogP contribution in [0.5, 0.6) is 0 Å². The van der Waals surface area contributed by atoms with E-state index in [-0.39, 0.29) is 10.6 Å². The molecule has 3 heteroatoms. The third-order valence-electron chi connectivity index (χ3n) is 2.88. The average molecular weight is 297 g/mol. The first-order valence-corrected chi connectivity index (χ1v) is 8.26. The van der Waals surface area contributed by atoms with E-state index in [1.54, 1.807) is 0 Å². The lowest BCUT2D eigenvalue weighted by molar-refractivity contribution is -0.0378. The van der Waals surface area contributed by atoms with Crippen LogP contribution in [0.4, 0.5) is 0 Å². The van der Waals surface area contributed by atoms with E-state index in [2.05, 4.69) is 26.0 Å². The van der Waals surface area contributed by atoms with Crippen molar-refractivity contribution in [1.29, 1.82) is 2.47 Å². The summed E-state index contributed by atoms with van der Waals surface area (Å²) in [6.45, 7) is 10.9. The molecule has 0 spiro atoms. The molecular formula is C17H30O2Si. The molecule has 0 saturated carbocycles. The van der Waals surface area contributed by atoms with Gasteiger partial charge in [0.1, 0.15) is 0 Å². The lowest BCUT2D eigenvalue weighted by atomic mass is 10.0. The molecule has 0 fully saturated rings. The molecule has 0 aliphatic heterocycles. The Hall–Kier alpha value is -0.643. The molecule has 0 aliphatic carbocycles. The van der Waals surface area contributed by atoms with Crippen molar-refractivity contribution in [2.75, 3.05) is 6.61 Å². The zero-order chi connectivity index (χ0) is 16.9. The van der Waals surface area contributed by atoms with E-state index in [1.165, 1.54) is 5.56 Å². The number of hydrogen-bond donors (Lipinski definition) is 0. The number of benzene rings is 1. The van der Waals surface area contributed by atoms with Gasteiger partial charge in [-0.15, -0.1) is 0 Å². The minimum atomic E-state index is -3.11. The van der Waals surface area contributed by atoms with Gasteiger partial charge in [-0.1, -0.05) is 51.1 Å². The molecule has 1 aromatic rings. The van der Waals surface area contributed by atoms with Crippen molar-refractivity contribution in [2.24, 2.45) is 0 Å². The second-order valence-corrected chi connectivity index (χ2v) is 8.83. The maximum atomic E-state index is 8.06. The maximum Gasteiger partial charge on any atom is 0.166 e. The summed E-state index contributed by atoms with van der Waals surface area (Å²) in [7, 11) is -3.11. The van der Waals surface area contributed by atoms with E-state index in [0.29, 0.717) is 13.2 Å². The van der Waals surface area contributed by atoms with Crippen LogP contribution in [0, 0.1) is 0 Å². The van der Waals surface area contributed by atoms with Gasteiger partial charge in [0.25, 0.3) is 0 Å². The SMILES string of the molecule is [2H][Si]([2H])(OCCCC(C)(C)OCc1ccccc1)C(C)(C)C. The summed E-state index contributed by atoms with van der Waals surface area (Å²) in [5.41, 5.74) is 0.943. The standard InChI is InChI=1S/C17H30O2Si/c1-16(2,3)20-19-13-9-12-17(4,5)18-14-15-10-7-6-8-11-15/h6-8,10-11H,9,12-14,20H2,1-5H3/i20D2. The van der Waals surface area contributed by atoms with Crippen LogP contribution in [-0.4, -0.2) is 24.3 Å². The van der Waals surface area contributed by atoms with Crippen LogP contribution >= 0.6 is 0 Å². The lowest BCUT2D eigenvalue weighted by Crippen LogP contribution is -2.25. The molecule has 0 atom stereocenters. The second kappa shape index (κ2) is 7.96. The molecule has 0 heterocycles. The first-order chi connectivity index (χ1) is 10.0. The molecule has 1 rings (SSSR count). The molecule has 0 saturated heterocycles. The quantitative estimate of drug-likeness (QED) is 0.531. The summed E-state index contributed by atoms with van der Waals surface area (Å²) in [5, 5.41) is -0.383. The normalized spacial score (nSPS) is 14.8. The highest BCUT2D eigenvalue weighted by molar-refractivity contribution is 6.31. The topological polar surface area (TPSA) is 18.5 Å². The van der Waals surface area contributed by atoms with E-state index in [9.17, 15) is 0 Å². The van der Waals surface area contributed by atoms with Crippen molar-refractivity contribution in [3.05, 3.63) is 35.9 Å². The zero-order valence-electron chi connectivity index (χ0n) is 15.5. The summed E-state index contributed by atoms with van der Waals surface area (Å²) >= 11 is 0. The summed E-state index contributed by atoms with van der Waals surface area (Å²) in [6, 6.07) is 10.1. The Bertz CT molecular complexity index is 442. The number of hydrogen-bond acceptors (Lipinski definition) is 2. The van der Waals surface area contributed by atoms with Crippen LogP contribution < -0.4 is 0 Å². The second-order valence-electron chi connectivity index (χ2n) is 6.84. The van der Waals surface area contributed by atoms with Crippen LogP contribution in [0.15, 0.2) is 30.3 Å². The molecule has 1 aromatic carbocycles. The van der Waals surface area contributed by atoms with Crippen LogP contribution in [0.2, 0.25) is 5.04 Å². The Labute approximate surface area is 129 Å². The fourth-order valence-electron chi connectivity index (χ4n) is 1.76. The highest BCUT2D eigenvalue weighted by atomic mass is 28.2. The van der Waals surface area contributed by atoms with Crippen molar-refractivity contribution in [3.8, 4) is 0 Å². The van der Waals surface area contributed by atoms with Gasteiger partial charge in [-0.3, -0.25) is 0 Å². The Morgan fingerprint density at radius 2 is 1.75 bits per heavy atom. The van der Waals surface area contributed by atoms with Gasteiger partial charge in [0, 0.05) is 9.08 Å². The Balaban J connectivity index is 2.31. The largest absolute Gasteiger partial charge is 0.423 e. The molecule has 0 amide bonds. The van der Waals surface area contributed by atoms with Gasteiger partial charge in [0.15, 0.2) is 9.63 Å². The lowest BCUT2D eigenvalue weighted by Gasteiger charge is -2.26. The first-order valence-electron chi connectivity index (χ1n) is 8.35. The van der Waals surface area contributed by atoms with Crippen molar-refractivity contribution in [3.63, 3.8) is 0 Å². The smallest absolute Gasteiger partial charge is 0.166 e. The monoisotopic (exact) mass is 296 g/mol. The van der Waals surface area contributed by atoms with Gasteiger partial charge in [0.05, 0.1) is 12.2 Å². The minimum absolute atomic E-state index is 0.227. The Kier molecular flexibility index (Phi) is 5.69. The van der Waals surface area contributed by atoms with Crippen molar-refractivity contribution < 1.29 is 9.16 Å². The first kappa shape index (κ1) is 14.3. The van der Waals surface area contributed by atoms with Gasteiger partial charge < -0.3 is 9.16 Å². The van der Waals surface area contributed by atoms with Crippen LogP contribution in [0.25, 0.3) is 0 Å². The van der Waals surface area contributed by atoms with Gasteiger partial charge in [-0.05, 0) is 37.3 Å². The molecule has 0 radical (unpaired) electrons. The zero-order valence-corrected chi connectivity index (χ0v) is 14.5. The van der Waals surface area contributed by atoms with Crippen LogP contribution in [0.3, 0.4) is 0 Å². The number of ether oxygens (including phenoxy) is 1. The van der Waals surface area contributed by atoms with E-state index >= 15 is 0 Å². The Morgan fingerprint density at radius 3 is 2.35 bits per heavy atom. The molecule has 0 bridgehead atoms. The van der Waals surface area contributed by atoms with E-state index < -0.39 is 9.63 Å². The predicted molar refractivity (Wildman–Crippen MR) is 88.8 cm³/mol. The summed E-state index contributed by atoms with van der Waals surface area (Å²) in [4.78, 5) is 0. The van der Waals surface area contributed by atoms with E-state index in [4.69, 9.17) is 11.6 Å². The molecule has 0 unspecified atom stereocenters. The Morgan fingerprint density at radius 1 is 1.10 bits per heavy atom. The van der Waals surface area contributed by atoms with E-state index in [1.807, 2.05) is 39.0 Å². The van der Waals surface area contributed by atoms with E-state index in [0.717, 1.165) is 12.8 Å². The molecule has 2 nitrogen and oxygen atoms in total. The maximum absolute atomic E-state index is 8.06. The molecule has 0 aromatic heterocycles. The van der Waals surface area contributed by atoms with Gasteiger partial charge >= 0.3 is 0 Å². The van der Waals surface area contributed by atoms with Crippen LogP contribution in [0.1, 0.15) is 53.0 Å². The average Bonchev–Trinajstić information content (AvgIpc) is 2.42. The van der Waals surface area contributed by atoms with Gasteiger partial charge in [0.2, 0.25) is 0 Å². The minimum Gasteiger partial charge on any atom is -0.423 e. The third kappa shape index (κ3) is 8.51. The van der Waals surface area contributed by atoms with Gasteiger partial charge in [-0.2, -0.15) is 0 Å². The highest BCUT2D eigenvalue weighted by Crippen LogP contribution is 2.21. The highest BCUT2D eigenvalue weighted by Gasteiger charge is 2.18. The number of rotatable bonds is 8. The molecule has 0 aliphatic rings. The third-order valence-corrected chi connectivity index (χ3v) is 3.84. The predicted octanol–water partition coefficient (Wildman–Crippen LogP) is 4.08. The summed E-state index contributed by atoms with van der Waals surface area (Å²) < 4.78 is 27.7. The summed E-state index contributed by atoms with van der Waals surface area (Å²) in [6.07, 6.45) is 1.67. The summed E-state index contributed by atoms with van der Waals surface area (Å²) in [5.74, 6) is 0. The van der Waals surface area contributed by atoms with Gasteiger partial charge in [-0.25, -0.2) is 0 Å². The molecular weight excluding hydrogens is 264 g/mol. The van der Waals surface area contributed by atoms with Crippen molar-refractivity contribution >= 4 is 9.63 Å². The van der Waals surface area contributed by atoms with Crippen molar-refractivity contribution in [1.82, 2.24) is 0 Å². The molecule has 114 valence electrons. The fourth-order valence-corrected chi connectivity index (χ4v) is 2.44.